The summed E-state index contributed by atoms with van der Waals surface area (Å²) in [6, 6.07) is 10.7. The lowest BCUT2D eigenvalue weighted by Gasteiger charge is -2.14. The molecule has 1 atom stereocenters. The number of carbonyl (C=O) groups is 1. The second kappa shape index (κ2) is 8.49. The van der Waals surface area contributed by atoms with Gasteiger partial charge in [0.1, 0.15) is 11.6 Å². The molecule has 0 radical (unpaired) electrons. The van der Waals surface area contributed by atoms with Crippen LogP contribution in [-0.2, 0) is 16.1 Å². The number of carbonyl (C=O) groups excluding carboxylic acids is 1. The van der Waals surface area contributed by atoms with Gasteiger partial charge in [-0.1, -0.05) is 23.9 Å². The lowest BCUT2D eigenvalue weighted by atomic mass is 10.3. The fourth-order valence-electron chi connectivity index (χ4n) is 2.58. The van der Waals surface area contributed by atoms with Crippen molar-refractivity contribution in [3.05, 3.63) is 54.1 Å². The number of para-hydroxylation sites is 2. The molecule has 3 aromatic rings. The Balaban J connectivity index is 1.78. The fraction of sp³-hybridized carbons (Fsp3) is 0.263. The Kier molecular flexibility index (Phi) is 6.08. The number of ether oxygens (including phenoxy) is 1. The van der Waals surface area contributed by atoms with Crippen LogP contribution in [-0.4, -0.2) is 34.4 Å². The Labute approximate surface area is 159 Å². The summed E-state index contributed by atoms with van der Waals surface area (Å²) < 4.78 is 33.9. The second-order valence-corrected chi connectivity index (χ2v) is 7.21. The zero-order chi connectivity index (χ0) is 19.4. The molecule has 0 saturated carbocycles. The van der Waals surface area contributed by atoms with Crippen LogP contribution in [0.15, 0.2) is 47.6 Å². The number of rotatable bonds is 7. The number of aromatic nitrogens is 2. The van der Waals surface area contributed by atoms with E-state index >= 15 is 0 Å². The summed E-state index contributed by atoms with van der Waals surface area (Å²) in [4.78, 5) is 17.0. The third kappa shape index (κ3) is 4.45. The normalized spacial score (nSPS) is 12.3. The smallest absolute Gasteiger partial charge is 0.237 e. The van der Waals surface area contributed by atoms with Crippen molar-refractivity contribution in [1.29, 1.82) is 0 Å². The van der Waals surface area contributed by atoms with E-state index in [4.69, 9.17) is 4.74 Å². The first-order chi connectivity index (χ1) is 13.0. The molecule has 3 rings (SSSR count). The number of methoxy groups -OCH3 is 1. The minimum atomic E-state index is -0.812. The molecule has 0 bridgehead atoms. The summed E-state index contributed by atoms with van der Waals surface area (Å²) in [5, 5.41) is 2.63. The number of hydrogen-bond donors (Lipinski definition) is 1. The number of imidazole rings is 1. The average molecular weight is 391 g/mol. The van der Waals surface area contributed by atoms with Crippen molar-refractivity contribution < 1.29 is 18.3 Å². The highest BCUT2D eigenvalue weighted by Crippen LogP contribution is 2.28. The van der Waals surface area contributed by atoms with Crippen LogP contribution in [0.1, 0.15) is 6.92 Å². The van der Waals surface area contributed by atoms with Gasteiger partial charge in [-0.05, 0) is 31.2 Å². The fourth-order valence-corrected chi connectivity index (χ4v) is 3.53. The van der Waals surface area contributed by atoms with Crippen molar-refractivity contribution in [2.24, 2.45) is 0 Å². The zero-order valence-corrected chi connectivity index (χ0v) is 15.7. The van der Waals surface area contributed by atoms with Gasteiger partial charge in [0.25, 0.3) is 0 Å². The number of amides is 1. The van der Waals surface area contributed by atoms with Crippen LogP contribution < -0.4 is 5.32 Å². The molecule has 8 heteroatoms. The van der Waals surface area contributed by atoms with Gasteiger partial charge in [-0.25, -0.2) is 13.8 Å². The Hall–Kier alpha value is -2.45. The molecule has 1 unspecified atom stereocenters. The summed E-state index contributed by atoms with van der Waals surface area (Å²) >= 11 is 1.27. The molecule has 0 saturated heterocycles. The molecular formula is C19H19F2N3O2S. The van der Waals surface area contributed by atoms with Crippen molar-refractivity contribution in [2.45, 2.75) is 23.9 Å². The third-order valence-electron chi connectivity index (χ3n) is 3.98. The molecule has 1 N–H and O–H groups in total. The van der Waals surface area contributed by atoms with Crippen molar-refractivity contribution >= 4 is 34.4 Å². The molecule has 1 amide bonds. The van der Waals surface area contributed by atoms with Gasteiger partial charge in [0, 0.05) is 19.7 Å². The summed E-state index contributed by atoms with van der Waals surface area (Å²) in [7, 11) is 1.62. The van der Waals surface area contributed by atoms with Crippen LogP contribution in [0, 0.1) is 11.6 Å². The van der Waals surface area contributed by atoms with E-state index in [0.29, 0.717) is 18.3 Å². The first kappa shape index (κ1) is 19.3. The highest BCUT2D eigenvalue weighted by atomic mass is 32.2. The average Bonchev–Trinajstić information content (AvgIpc) is 2.99. The van der Waals surface area contributed by atoms with Crippen molar-refractivity contribution in [3.63, 3.8) is 0 Å². The predicted molar refractivity (Wildman–Crippen MR) is 102 cm³/mol. The van der Waals surface area contributed by atoms with Crippen LogP contribution in [0.2, 0.25) is 0 Å². The van der Waals surface area contributed by atoms with Crippen LogP contribution >= 0.6 is 11.8 Å². The van der Waals surface area contributed by atoms with E-state index < -0.39 is 22.8 Å². The minimum Gasteiger partial charge on any atom is -0.383 e. The number of fused-ring (bicyclic) bond motifs is 1. The molecule has 142 valence electrons. The van der Waals surface area contributed by atoms with Gasteiger partial charge in [0.2, 0.25) is 5.91 Å². The van der Waals surface area contributed by atoms with Crippen LogP contribution in [0.3, 0.4) is 0 Å². The number of nitrogens with zero attached hydrogens (tertiary/aromatic N) is 2. The van der Waals surface area contributed by atoms with E-state index in [1.165, 1.54) is 17.8 Å². The molecule has 1 heterocycles. The van der Waals surface area contributed by atoms with Gasteiger partial charge in [-0.3, -0.25) is 4.79 Å². The quantitative estimate of drug-likeness (QED) is 0.617. The molecule has 0 aliphatic carbocycles. The topological polar surface area (TPSA) is 56.1 Å². The van der Waals surface area contributed by atoms with Crippen molar-refractivity contribution in [1.82, 2.24) is 9.55 Å². The summed E-state index contributed by atoms with van der Waals surface area (Å²) in [6.07, 6.45) is 0. The lowest BCUT2D eigenvalue weighted by molar-refractivity contribution is -0.115. The first-order valence-electron chi connectivity index (χ1n) is 8.36. The summed E-state index contributed by atoms with van der Waals surface area (Å²) in [6.45, 7) is 2.82. The number of anilines is 1. The highest BCUT2D eigenvalue weighted by molar-refractivity contribution is 8.00. The van der Waals surface area contributed by atoms with Crippen LogP contribution in [0.5, 0.6) is 0 Å². The standard InChI is InChI=1S/C19H19F2N3O2S/c1-12(18(25)22-15-8-7-13(20)11-14(15)21)27-19-23-16-5-3-4-6-17(16)24(19)9-10-26-2/h3-8,11-12H,9-10H2,1-2H3,(H,22,25). The van der Waals surface area contributed by atoms with Gasteiger partial charge >= 0.3 is 0 Å². The second-order valence-electron chi connectivity index (χ2n) is 5.90. The van der Waals surface area contributed by atoms with E-state index in [9.17, 15) is 13.6 Å². The molecular weight excluding hydrogens is 372 g/mol. The number of halogens is 2. The first-order valence-corrected chi connectivity index (χ1v) is 9.24. The van der Waals surface area contributed by atoms with Crippen LogP contribution in [0.4, 0.5) is 14.5 Å². The van der Waals surface area contributed by atoms with Gasteiger partial charge in [0.05, 0.1) is 28.6 Å². The highest BCUT2D eigenvalue weighted by Gasteiger charge is 2.20. The molecule has 0 spiro atoms. The van der Waals surface area contributed by atoms with Gasteiger partial charge in [-0.15, -0.1) is 0 Å². The van der Waals surface area contributed by atoms with Gasteiger partial charge < -0.3 is 14.6 Å². The van der Waals surface area contributed by atoms with E-state index in [1.807, 2.05) is 28.8 Å². The number of nitrogens with one attached hydrogen (secondary N) is 1. The zero-order valence-electron chi connectivity index (χ0n) is 14.9. The van der Waals surface area contributed by atoms with E-state index in [2.05, 4.69) is 10.3 Å². The molecule has 0 aliphatic heterocycles. The lowest BCUT2D eigenvalue weighted by Crippen LogP contribution is -2.23. The largest absolute Gasteiger partial charge is 0.383 e. The van der Waals surface area contributed by atoms with Crippen LogP contribution in [0.25, 0.3) is 11.0 Å². The molecule has 1 aromatic heterocycles. The number of thioether (sulfide) groups is 1. The van der Waals surface area contributed by atoms with E-state index in [-0.39, 0.29) is 5.69 Å². The maximum Gasteiger partial charge on any atom is 0.237 e. The maximum atomic E-state index is 13.8. The van der Waals surface area contributed by atoms with Crippen molar-refractivity contribution in [3.8, 4) is 0 Å². The van der Waals surface area contributed by atoms with Gasteiger partial charge in [-0.2, -0.15) is 0 Å². The van der Waals surface area contributed by atoms with Crippen molar-refractivity contribution in [2.75, 3.05) is 19.0 Å². The summed E-state index contributed by atoms with van der Waals surface area (Å²) in [5.41, 5.74) is 1.73. The molecule has 2 aromatic carbocycles. The summed E-state index contributed by atoms with van der Waals surface area (Å²) in [5.74, 6) is -1.90. The Morgan fingerprint density at radius 2 is 2.07 bits per heavy atom. The molecule has 5 nitrogen and oxygen atoms in total. The maximum absolute atomic E-state index is 13.8. The van der Waals surface area contributed by atoms with Gasteiger partial charge in [0.15, 0.2) is 5.16 Å². The van der Waals surface area contributed by atoms with E-state index in [1.54, 1.807) is 14.0 Å². The molecule has 0 aliphatic rings. The Morgan fingerprint density at radius 1 is 1.30 bits per heavy atom. The SMILES string of the molecule is COCCn1c(SC(C)C(=O)Nc2ccc(F)cc2F)nc2ccccc21. The predicted octanol–water partition coefficient (Wildman–Crippen LogP) is 4.08. The third-order valence-corrected chi connectivity index (χ3v) is 5.07. The molecule has 27 heavy (non-hydrogen) atoms. The molecule has 0 fully saturated rings. The van der Waals surface area contributed by atoms with E-state index in [0.717, 1.165) is 23.2 Å². The Morgan fingerprint density at radius 3 is 2.81 bits per heavy atom. The monoisotopic (exact) mass is 391 g/mol. The Bertz CT molecular complexity index is 961. The minimum absolute atomic E-state index is 0.0539. The number of hydrogen-bond acceptors (Lipinski definition) is 4. The number of benzene rings is 2.